The largest absolute Gasteiger partial charge is 0.378 e. The average Bonchev–Trinajstić information content (AvgIpc) is 2.70. The molecule has 0 atom stereocenters. The van der Waals surface area contributed by atoms with Gasteiger partial charge in [0.25, 0.3) is 0 Å². The molecule has 0 radical (unpaired) electrons. The minimum absolute atomic E-state index is 0.186. The van der Waals surface area contributed by atoms with Crippen molar-refractivity contribution >= 4 is 23.4 Å². The second-order valence-corrected chi connectivity index (χ2v) is 7.60. The molecule has 2 aromatic carbocycles. The van der Waals surface area contributed by atoms with Crippen LogP contribution in [-0.2, 0) is 16.1 Å². The SMILES string of the molecule is CN(Cc1ccc(N2CCOCC2)cc1)C(=O)CCSc1ccccc1. The van der Waals surface area contributed by atoms with E-state index < -0.39 is 0 Å². The van der Waals surface area contributed by atoms with Crippen LogP contribution in [0, 0.1) is 0 Å². The maximum absolute atomic E-state index is 12.3. The molecule has 5 heteroatoms. The highest BCUT2D eigenvalue weighted by molar-refractivity contribution is 7.99. The lowest BCUT2D eigenvalue weighted by Gasteiger charge is -2.29. The molecule has 4 nitrogen and oxygen atoms in total. The number of nitrogens with zero attached hydrogens (tertiary/aromatic N) is 2. The van der Waals surface area contributed by atoms with Crippen LogP contribution < -0.4 is 4.90 Å². The van der Waals surface area contributed by atoms with Crippen molar-refractivity contribution in [3.8, 4) is 0 Å². The van der Waals surface area contributed by atoms with Crippen LogP contribution in [-0.4, -0.2) is 49.9 Å². The molecule has 1 amide bonds. The van der Waals surface area contributed by atoms with Crippen LogP contribution >= 0.6 is 11.8 Å². The van der Waals surface area contributed by atoms with Crippen LogP contribution in [0.25, 0.3) is 0 Å². The van der Waals surface area contributed by atoms with E-state index >= 15 is 0 Å². The number of carbonyl (C=O) groups excluding carboxylic acids is 1. The van der Waals surface area contributed by atoms with Gasteiger partial charge in [-0.15, -0.1) is 11.8 Å². The molecule has 26 heavy (non-hydrogen) atoms. The van der Waals surface area contributed by atoms with Gasteiger partial charge in [0.2, 0.25) is 5.91 Å². The number of morpholine rings is 1. The fraction of sp³-hybridized carbons (Fsp3) is 0.381. The van der Waals surface area contributed by atoms with Gasteiger partial charge in [0.1, 0.15) is 0 Å². The molecule has 0 aromatic heterocycles. The van der Waals surface area contributed by atoms with E-state index in [4.69, 9.17) is 4.74 Å². The van der Waals surface area contributed by atoms with E-state index in [2.05, 4.69) is 41.3 Å². The third-order valence-corrected chi connectivity index (χ3v) is 5.50. The molecular formula is C21H26N2O2S. The van der Waals surface area contributed by atoms with Crippen molar-refractivity contribution in [2.75, 3.05) is 44.0 Å². The van der Waals surface area contributed by atoms with E-state index in [9.17, 15) is 4.79 Å². The summed E-state index contributed by atoms with van der Waals surface area (Å²) in [4.78, 5) is 17.7. The summed E-state index contributed by atoms with van der Waals surface area (Å²) >= 11 is 1.73. The van der Waals surface area contributed by atoms with Crippen molar-refractivity contribution in [1.82, 2.24) is 4.90 Å². The molecule has 1 saturated heterocycles. The molecule has 0 saturated carbocycles. The summed E-state index contributed by atoms with van der Waals surface area (Å²) in [6, 6.07) is 18.7. The molecule has 138 valence electrons. The standard InChI is InChI=1S/C21H26N2O2S/c1-22(21(24)11-16-26-20-5-3-2-4-6-20)17-18-7-9-19(10-8-18)23-12-14-25-15-13-23/h2-10H,11-17H2,1H3. The van der Waals surface area contributed by atoms with Crippen molar-refractivity contribution in [2.24, 2.45) is 0 Å². The first-order chi connectivity index (χ1) is 12.7. The Hall–Kier alpha value is -1.98. The number of ether oxygens (including phenoxy) is 1. The van der Waals surface area contributed by atoms with Gasteiger partial charge >= 0.3 is 0 Å². The van der Waals surface area contributed by atoms with E-state index in [-0.39, 0.29) is 5.91 Å². The Morgan fingerprint density at radius 2 is 1.77 bits per heavy atom. The van der Waals surface area contributed by atoms with Crippen LogP contribution in [0.3, 0.4) is 0 Å². The number of anilines is 1. The van der Waals surface area contributed by atoms with Gasteiger partial charge < -0.3 is 14.5 Å². The van der Waals surface area contributed by atoms with Crippen molar-refractivity contribution < 1.29 is 9.53 Å². The van der Waals surface area contributed by atoms with Crippen LogP contribution in [0.2, 0.25) is 0 Å². The fourth-order valence-electron chi connectivity index (χ4n) is 2.96. The molecule has 0 spiro atoms. The molecule has 0 bridgehead atoms. The minimum Gasteiger partial charge on any atom is -0.378 e. The van der Waals surface area contributed by atoms with E-state index in [0.29, 0.717) is 13.0 Å². The summed E-state index contributed by atoms with van der Waals surface area (Å²) in [6.07, 6.45) is 0.557. The number of benzene rings is 2. The Bertz CT molecular complexity index is 685. The Morgan fingerprint density at radius 3 is 2.46 bits per heavy atom. The summed E-state index contributed by atoms with van der Waals surface area (Å²) in [5.41, 5.74) is 2.39. The zero-order chi connectivity index (χ0) is 18.2. The third kappa shape index (κ3) is 5.51. The van der Waals surface area contributed by atoms with Gasteiger partial charge in [-0.1, -0.05) is 30.3 Å². The number of rotatable bonds is 7. The van der Waals surface area contributed by atoms with E-state index in [1.807, 2.05) is 30.1 Å². The summed E-state index contributed by atoms with van der Waals surface area (Å²) < 4.78 is 5.40. The molecule has 0 aliphatic carbocycles. The van der Waals surface area contributed by atoms with Crippen LogP contribution in [0.4, 0.5) is 5.69 Å². The topological polar surface area (TPSA) is 32.8 Å². The molecular weight excluding hydrogens is 344 g/mol. The van der Waals surface area contributed by atoms with Crippen molar-refractivity contribution in [3.63, 3.8) is 0 Å². The maximum Gasteiger partial charge on any atom is 0.223 e. The Kier molecular flexibility index (Phi) is 6.97. The first-order valence-electron chi connectivity index (χ1n) is 9.06. The summed E-state index contributed by atoms with van der Waals surface area (Å²) in [5.74, 6) is 0.995. The molecule has 1 aliphatic rings. The van der Waals surface area contributed by atoms with Crippen LogP contribution in [0.15, 0.2) is 59.5 Å². The molecule has 1 aliphatic heterocycles. The highest BCUT2D eigenvalue weighted by Crippen LogP contribution is 2.19. The lowest BCUT2D eigenvalue weighted by molar-refractivity contribution is -0.129. The number of thioether (sulfide) groups is 1. The monoisotopic (exact) mass is 370 g/mol. The van der Waals surface area contributed by atoms with Gasteiger partial charge in [-0.2, -0.15) is 0 Å². The first kappa shape index (κ1) is 18.8. The zero-order valence-electron chi connectivity index (χ0n) is 15.3. The maximum atomic E-state index is 12.3. The predicted octanol–water partition coefficient (Wildman–Crippen LogP) is 3.66. The fourth-order valence-corrected chi connectivity index (χ4v) is 3.82. The lowest BCUT2D eigenvalue weighted by atomic mass is 10.1. The molecule has 1 heterocycles. The normalized spacial score (nSPS) is 14.3. The van der Waals surface area contributed by atoms with E-state index in [1.165, 1.54) is 10.6 Å². The van der Waals surface area contributed by atoms with Crippen molar-refractivity contribution in [2.45, 2.75) is 17.9 Å². The molecule has 2 aromatic rings. The molecule has 0 unspecified atom stereocenters. The van der Waals surface area contributed by atoms with E-state index in [1.54, 1.807) is 11.8 Å². The zero-order valence-corrected chi connectivity index (χ0v) is 16.1. The minimum atomic E-state index is 0.186. The second-order valence-electron chi connectivity index (χ2n) is 6.43. The summed E-state index contributed by atoms with van der Waals surface area (Å²) in [7, 11) is 1.88. The van der Waals surface area contributed by atoms with Crippen LogP contribution in [0.5, 0.6) is 0 Å². The second kappa shape index (κ2) is 9.64. The number of carbonyl (C=O) groups is 1. The highest BCUT2D eigenvalue weighted by Gasteiger charge is 2.12. The predicted molar refractivity (Wildman–Crippen MR) is 108 cm³/mol. The van der Waals surface area contributed by atoms with Crippen molar-refractivity contribution in [1.29, 1.82) is 0 Å². The van der Waals surface area contributed by atoms with Gasteiger partial charge in [0, 0.05) is 49.4 Å². The van der Waals surface area contributed by atoms with Gasteiger partial charge in [0.15, 0.2) is 0 Å². The highest BCUT2D eigenvalue weighted by atomic mass is 32.2. The van der Waals surface area contributed by atoms with Gasteiger partial charge in [-0.05, 0) is 29.8 Å². The van der Waals surface area contributed by atoms with E-state index in [0.717, 1.165) is 37.6 Å². The molecule has 0 N–H and O–H groups in total. The summed E-state index contributed by atoms with van der Waals surface area (Å²) in [5, 5.41) is 0. The molecule has 3 rings (SSSR count). The lowest BCUT2D eigenvalue weighted by Crippen LogP contribution is -2.36. The molecule has 1 fully saturated rings. The Labute approximate surface area is 160 Å². The summed E-state index contributed by atoms with van der Waals surface area (Å²) in [6.45, 7) is 4.12. The van der Waals surface area contributed by atoms with Crippen LogP contribution in [0.1, 0.15) is 12.0 Å². The van der Waals surface area contributed by atoms with Crippen molar-refractivity contribution in [3.05, 3.63) is 60.2 Å². The smallest absolute Gasteiger partial charge is 0.223 e. The average molecular weight is 371 g/mol. The third-order valence-electron chi connectivity index (χ3n) is 4.49. The van der Waals surface area contributed by atoms with Gasteiger partial charge in [-0.25, -0.2) is 0 Å². The number of hydrogen-bond acceptors (Lipinski definition) is 4. The Balaban J connectivity index is 1.44. The van der Waals surface area contributed by atoms with Gasteiger partial charge in [-0.3, -0.25) is 4.79 Å². The number of amides is 1. The van der Waals surface area contributed by atoms with Gasteiger partial charge in [0.05, 0.1) is 13.2 Å². The quantitative estimate of drug-likeness (QED) is 0.697. The first-order valence-corrected chi connectivity index (χ1v) is 10.0. The number of hydrogen-bond donors (Lipinski definition) is 0. The Morgan fingerprint density at radius 1 is 1.08 bits per heavy atom.